The molecule has 1 fully saturated rings. The van der Waals surface area contributed by atoms with Gasteiger partial charge in [0, 0.05) is 13.1 Å². The van der Waals surface area contributed by atoms with Gasteiger partial charge in [0.15, 0.2) is 0 Å². The molecular weight excluding hydrogens is 220 g/mol. The maximum atomic E-state index is 9.81. The lowest BCUT2D eigenvalue weighted by atomic mass is 9.96. The highest BCUT2D eigenvalue weighted by Gasteiger charge is 2.27. The van der Waals surface area contributed by atoms with E-state index in [1.54, 1.807) is 0 Å². The molecule has 0 aliphatic carbocycles. The van der Waals surface area contributed by atoms with Crippen LogP contribution in [0.25, 0.3) is 0 Å². The van der Waals surface area contributed by atoms with Gasteiger partial charge in [-0.1, -0.05) is 18.9 Å². The molecule has 1 aromatic rings. The van der Waals surface area contributed by atoms with E-state index >= 15 is 0 Å². The Kier molecular flexibility index (Phi) is 3.96. The van der Waals surface area contributed by atoms with Crippen LogP contribution in [0.1, 0.15) is 26.2 Å². The molecule has 1 aromatic heterocycles. The van der Waals surface area contributed by atoms with E-state index < -0.39 is 0 Å². The third-order valence-corrected chi connectivity index (χ3v) is 3.17. The molecule has 1 aliphatic rings. The molecule has 2 heterocycles. The van der Waals surface area contributed by atoms with Gasteiger partial charge in [-0.3, -0.25) is 0 Å². The molecule has 2 rings (SSSR count). The summed E-state index contributed by atoms with van der Waals surface area (Å²) in [5, 5.41) is 20.9. The molecule has 6 heteroatoms. The Morgan fingerprint density at radius 2 is 2.35 bits per heavy atom. The summed E-state index contributed by atoms with van der Waals surface area (Å²) in [7, 11) is 0. The lowest BCUT2D eigenvalue weighted by molar-refractivity contribution is 0.101. The molecule has 2 unspecified atom stereocenters. The number of nitrogens with zero attached hydrogens (tertiary/aromatic N) is 3. The fourth-order valence-corrected chi connectivity index (χ4v) is 1.90. The Bertz CT molecular complexity index is 355. The second kappa shape index (κ2) is 5.46. The number of aliphatic hydroxyl groups excluding tert-OH is 1. The smallest absolute Gasteiger partial charge is 0.318 e. The lowest BCUT2D eigenvalue weighted by Gasteiger charge is -2.32. The molecule has 0 radical (unpaired) electrons. The van der Waals surface area contributed by atoms with Gasteiger partial charge in [0.1, 0.15) is 0 Å². The van der Waals surface area contributed by atoms with Crippen molar-refractivity contribution < 1.29 is 9.52 Å². The quantitative estimate of drug-likeness (QED) is 0.793. The minimum atomic E-state index is -0.312. The van der Waals surface area contributed by atoms with Gasteiger partial charge in [-0.25, -0.2) is 0 Å². The van der Waals surface area contributed by atoms with E-state index in [2.05, 4.69) is 22.4 Å². The van der Waals surface area contributed by atoms with Crippen molar-refractivity contribution in [2.75, 3.05) is 24.5 Å². The van der Waals surface area contributed by atoms with Crippen LogP contribution in [0.15, 0.2) is 4.42 Å². The number of hydrogen-bond acceptors (Lipinski definition) is 6. The van der Waals surface area contributed by atoms with Gasteiger partial charge in [0.05, 0.1) is 12.6 Å². The third kappa shape index (κ3) is 2.95. The van der Waals surface area contributed by atoms with Crippen molar-refractivity contribution >= 4 is 6.01 Å². The SMILES string of the molecule is CCNCc1nnc(N2CCC(C)C(O)C2)o1. The molecule has 0 saturated carbocycles. The highest BCUT2D eigenvalue weighted by Crippen LogP contribution is 2.22. The van der Waals surface area contributed by atoms with E-state index in [1.807, 2.05) is 11.8 Å². The van der Waals surface area contributed by atoms with Crippen LogP contribution in [0.3, 0.4) is 0 Å². The number of rotatable bonds is 4. The monoisotopic (exact) mass is 240 g/mol. The number of nitrogens with one attached hydrogen (secondary N) is 1. The van der Waals surface area contributed by atoms with Crippen molar-refractivity contribution in [3.63, 3.8) is 0 Å². The lowest BCUT2D eigenvalue weighted by Crippen LogP contribution is -2.43. The Balaban J connectivity index is 1.95. The summed E-state index contributed by atoms with van der Waals surface area (Å²) < 4.78 is 5.54. The molecule has 96 valence electrons. The second-order valence-electron chi connectivity index (χ2n) is 4.54. The molecule has 6 nitrogen and oxygen atoms in total. The summed E-state index contributed by atoms with van der Waals surface area (Å²) in [4.78, 5) is 1.95. The summed E-state index contributed by atoms with van der Waals surface area (Å²) in [6.45, 7) is 6.99. The molecule has 0 amide bonds. The van der Waals surface area contributed by atoms with E-state index in [0.29, 0.717) is 30.9 Å². The van der Waals surface area contributed by atoms with Crippen LogP contribution in [0.4, 0.5) is 6.01 Å². The fourth-order valence-electron chi connectivity index (χ4n) is 1.90. The van der Waals surface area contributed by atoms with Gasteiger partial charge in [0.25, 0.3) is 0 Å². The average molecular weight is 240 g/mol. The highest BCUT2D eigenvalue weighted by atomic mass is 16.4. The molecule has 2 atom stereocenters. The Labute approximate surface area is 101 Å². The topological polar surface area (TPSA) is 74.4 Å². The van der Waals surface area contributed by atoms with Crippen LogP contribution in [0, 0.1) is 5.92 Å². The normalized spacial score (nSPS) is 25.2. The van der Waals surface area contributed by atoms with Crippen LogP contribution in [-0.4, -0.2) is 41.0 Å². The summed E-state index contributed by atoms with van der Waals surface area (Å²) in [6.07, 6.45) is 0.638. The molecule has 0 bridgehead atoms. The highest BCUT2D eigenvalue weighted by molar-refractivity contribution is 5.25. The van der Waals surface area contributed by atoms with Gasteiger partial charge in [-0.2, -0.15) is 0 Å². The van der Waals surface area contributed by atoms with Crippen LogP contribution in [0.2, 0.25) is 0 Å². The summed E-state index contributed by atoms with van der Waals surface area (Å²) in [6, 6.07) is 0.517. The number of aromatic nitrogens is 2. The Morgan fingerprint density at radius 3 is 3.06 bits per heavy atom. The fraction of sp³-hybridized carbons (Fsp3) is 0.818. The second-order valence-corrected chi connectivity index (χ2v) is 4.54. The van der Waals surface area contributed by atoms with Crippen molar-refractivity contribution in [2.24, 2.45) is 5.92 Å². The van der Waals surface area contributed by atoms with Crippen molar-refractivity contribution in [3.05, 3.63) is 5.89 Å². The van der Waals surface area contributed by atoms with Gasteiger partial charge < -0.3 is 19.7 Å². The van der Waals surface area contributed by atoms with E-state index in [1.165, 1.54) is 0 Å². The molecule has 0 aromatic carbocycles. The maximum Gasteiger partial charge on any atom is 0.318 e. The first kappa shape index (κ1) is 12.3. The minimum Gasteiger partial charge on any atom is -0.407 e. The minimum absolute atomic E-state index is 0.312. The van der Waals surface area contributed by atoms with Gasteiger partial charge in [0.2, 0.25) is 5.89 Å². The molecular formula is C11H20N4O2. The predicted molar refractivity (Wildman–Crippen MR) is 63.7 cm³/mol. The maximum absolute atomic E-state index is 9.81. The summed E-state index contributed by atoms with van der Waals surface area (Å²) in [5.41, 5.74) is 0. The molecule has 2 N–H and O–H groups in total. The molecule has 0 spiro atoms. The number of β-amino-alcohol motifs (C(OH)–C–C–N with tert-alkyl or cyclic N) is 1. The zero-order valence-corrected chi connectivity index (χ0v) is 10.4. The van der Waals surface area contributed by atoms with E-state index in [0.717, 1.165) is 19.5 Å². The van der Waals surface area contributed by atoms with Crippen LogP contribution in [-0.2, 0) is 6.54 Å². The van der Waals surface area contributed by atoms with Crippen molar-refractivity contribution in [1.82, 2.24) is 15.5 Å². The van der Waals surface area contributed by atoms with E-state index in [9.17, 15) is 5.11 Å². The van der Waals surface area contributed by atoms with Crippen LogP contribution >= 0.6 is 0 Å². The number of aliphatic hydroxyl groups is 1. The first-order valence-corrected chi connectivity index (χ1v) is 6.16. The van der Waals surface area contributed by atoms with Crippen LogP contribution < -0.4 is 10.2 Å². The van der Waals surface area contributed by atoms with E-state index in [-0.39, 0.29) is 6.10 Å². The van der Waals surface area contributed by atoms with Crippen molar-refractivity contribution in [1.29, 1.82) is 0 Å². The molecule has 1 aliphatic heterocycles. The van der Waals surface area contributed by atoms with E-state index in [4.69, 9.17) is 4.42 Å². The zero-order chi connectivity index (χ0) is 12.3. The van der Waals surface area contributed by atoms with Gasteiger partial charge in [-0.15, -0.1) is 5.10 Å². The number of hydrogen-bond donors (Lipinski definition) is 2. The van der Waals surface area contributed by atoms with Crippen molar-refractivity contribution in [3.8, 4) is 0 Å². The predicted octanol–water partition coefficient (Wildman–Crippen LogP) is 0.386. The number of anilines is 1. The summed E-state index contributed by atoms with van der Waals surface area (Å²) >= 11 is 0. The average Bonchev–Trinajstić information content (AvgIpc) is 2.79. The van der Waals surface area contributed by atoms with Crippen molar-refractivity contribution in [2.45, 2.75) is 32.9 Å². The van der Waals surface area contributed by atoms with Crippen LogP contribution in [0.5, 0.6) is 0 Å². The van der Waals surface area contributed by atoms with Gasteiger partial charge in [-0.05, 0) is 18.9 Å². The summed E-state index contributed by atoms with van der Waals surface area (Å²) in [5.74, 6) is 0.936. The standard InChI is InChI=1S/C11H20N4O2/c1-3-12-6-10-13-14-11(17-10)15-5-4-8(2)9(16)7-15/h8-9,12,16H,3-7H2,1-2H3. The largest absolute Gasteiger partial charge is 0.407 e. The Morgan fingerprint density at radius 1 is 1.53 bits per heavy atom. The first-order valence-electron chi connectivity index (χ1n) is 6.16. The molecule has 17 heavy (non-hydrogen) atoms. The van der Waals surface area contributed by atoms with Gasteiger partial charge >= 0.3 is 6.01 Å². The molecule has 1 saturated heterocycles. The first-order chi connectivity index (χ1) is 8.20. The third-order valence-electron chi connectivity index (χ3n) is 3.17. The number of piperidine rings is 1. The zero-order valence-electron chi connectivity index (χ0n) is 10.4. The Hall–Kier alpha value is -1.14.